The highest BCUT2D eigenvalue weighted by Gasteiger charge is 2.48. The van der Waals surface area contributed by atoms with E-state index < -0.39 is 17.7 Å². The monoisotopic (exact) mass is 475 g/mol. The molecule has 3 aromatic rings. The highest BCUT2D eigenvalue weighted by atomic mass is 35.5. The number of ether oxygens (including phenoxy) is 1. The van der Waals surface area contributed by atoms with Crippen LogP contribution in [0.3, 0.4) is 0 Å². The lowest BCUT2D eigenvalue weighted by Gasteiger charge is -2.25. The third kappa shape index (κ3) is 3.65. The predicted octanol–water partition coefficient (Wildman–Crippen LogP) is 5.40. The molecule has 0 bridgehead atoms. The van der Waals surface area contributed by atoms with Gasteiger partial charge in [0, 0.05) is 15.5 Å². The molecule has 2 heterocycles. The third-order valence-corrected chi connectivity index (χ3v) is 6.35. The molecule has 1 aliphatic rings. The van der Waals surface area contributed by atoms with Crippen molar-refractivity contribution in [3.05, 3.63) is 80.0 Å². The number of phenols is 1. The second-order valence-electron chi connectivity index (χ2n) is 6.67. The molecule has 6 nitrogen and oxygen atoms in total. The number of benzene rings is 2. The van der Waals surface area contributed by atoms with Crippen molar-refractivity contribution in [2.75, 3.05) is 12.0 Å². The van der Waals surface area contributed by atoms with Crippen molar-refractivity contribution >= 4 is 57.7 Å². The Morgan fingerprint density at radius 1 is 1.13 bits per heavy atom. The van der Waals surface area contributed by atoms with Crippen molar-refractivity contribution in [2.24, 2.45) is 0 Å². The maximum absolute atomic E-state index is 13.1. The number of carbonyl (C=O) groups excluding carboxylic acids is 2. The number of thiophene rings is 1. The average molecular weight is 476 g/mol. The van der Waals surface area contributed by atoms with Crippen molar-refractivity contribution < 1.29 is 24.5 Å². The van der Waals surface area contributed by atoms with Crippen LogP contribution >= 0.6 is 34.5 Å². The number of aliphatic hydroxyl groups is 1. The third-order valence-electron chi connectivity index (χ3n) is 4.88. The van der Waals surface area contributed by atoms with Gasteiger partial charge >= 0.3 is 0 Å². The van der Waals surface area contributed by atoms with Gasteiger partial charge in [-0.25, -0.2) is 0 Å². The lowest BCUT2D eigenvalue weighted by molar-refractivity contribution is -0.132. The van der Waals surface area contributed by atoms with Crippen LogP contribution in [0.15, 0.2) is 59.5 Å². The van der Waals surface area contributed by atoms with Gasteiger partial charge in [0.1, 0.15) is 23.3 Å². The van der Waals surface area contributed by atoms with Crippen LogP contribution in [0.4, 0.5) is 5.69 Å². The molecule has 1 aromatic heterocycles. The summed E-state index contributed by atoms with van der Waals surface area (Å²) in [6.45, 7) is 0. The molecule has 0 aliphatic carbocycles. The number of hydrogen-bond acceptors (Lipinski definition) is 6. The lowest BCUT2D eigenvalue weighted by Crippen LogP contribution is -2.29. The molecule has 2 aromatic carbocycles. The summed E-state index contributed by atoms with van der Waals surface area (Å²) in [5.74, 6) is -2.07. The van der Waals surface area contributed by atoms with Gasteiger partial charge in [-0.2, -0.15) is 0 Å². The molecule has 4 rings (SSSR count). The number of nitrogens with zero attached hydrogens (tertiary/aromatic N) is 1. The summed E-state index contributed by atoms with van der Waals surface area (Å²) < 4.78 is 5.19. The van der Waals surface area contributed by atoms with Crippen LogP contribution < -0.4 is 9.64 Å². The van der Waals surface area contributed by atoms with Crippen molar-refractivity contribution in [1.29, 1.82) is 0 Å². The number of phenolic OH excluding ortho intramolecular Hbond substituents is 1. The van der Waals surface area contributed by atoms with Crippen LogP contribution in [0.25, 0.3) is 5.76 Å². The fraction of sp³-hybridized carbons (Fsp3) is 0.0909. The molecule has 158 valence electrons. The summed E-state index contributed by atoms with van der Waals surface area (Å²) in [4.78, 5) is 27.9. The highest BCUT2D eigenvalue weighted by Crippen LogP contribution is 2.46. The summed E-state index contributed by atoms with van der Waals surface area (Å²) in [5.41, 5.74) is 0.216. The summed E-state index contributed by atoms with van der Waals surface area (Å²) in [7, 11) is 1.43. The minimum Gasteiger partial charge on any atom is -0.507 e. The summed E-state index contributed by atoms with van der Waals surface area (Å²) >= 11 is 13.5. The molecule has 0 spiro atoms. The van der Waals surface area contributed by atoms with Crippen LogP contribution in [0.1, 0.15) is 16.5 Å². The zero-order valence-electron chi connectivity index (χ0n) is 16.0. The Bertz CT molecular complexity index is 1220. The largest absolute Gasteiger partial charge is 0.507 e. The van der Waals surface area contributed by atoms with Crippen molar-refractivity contribution in [2.45, 2.75) is 6.04 Å². The number of hydrogen-bond donors (Lipinski definition) is 2. The topological polar surface area (TPSA) is 87.1 Å². The van der Waals surface area contributed by atoms with Crippen LogP contribution in [0.2, 0.25) is 10.0 Å². The van der Waals surface area contributed by atoms with Gasteiger partial charge in [-0.1, -0.05) is 29.3 Å². The summed E-state index contributed by atoms with van der Waals surface area (Å²) in [6.07, 6.45) is 0. The van der Waals surface area contributed by atoms with Crippen molar-refractivity contribution in [3.8, 4) is 11.5 Å². The van der Waals surface area contributed by atoms with Gasteiger partial charge in [-0.15, -0.1) is 11.3 Å². The quantitative estimate of drug-likeness (QED) is 0.299. The number of anilines is 1. The SMILES string of the molecule is COc1cc(/C(O)=C2/C(=O)C(=O)N(c3cc(Cl)ccc3O)C2c2cccs2)ccc1Cl. The number of ketones is 1. The lowest BCUT2D eigenvalue weighted by atomic mass is 9.99. The van der Waals surface area contributed by atoms with E-state index in [0.29, 0.717) is 15.6 Å². The second-order valence-corrected chi connectivity index (χ2v) is 8.49. The second kappa shape index (κ2) is 8.26. The number of carbonyl (C=O) groups is 2. The van der Waals surface area contributed by atoms with Gasteiger partial charge in [-0.05, 0) is 47.8 Å². The van der Waals surface area contributed by atoms with E-state index in [1.54, 1.807) is 17.5 Å². The molecule has 1 saturated heterocycles. The predicted molar refractivity (Wildman–Crippen MR) is 120 cm³/mol. The first kappa shape index (κ1) is 21.2. The number of methoxy groups -OCH3 is 1. The van der Waals surface area contributed by atoms with E-state index in [9.17, 15) is 19.8 Å². The molecule has 1 amide bonds. The minimum atomic E-state index is -0.953. The standard InChI is InChI=1S/C22H15Cl2NO5S/c1-30-16-9-11(4-6-13(16)24)20(27)18-19(17-3-2-8-31-17)25(22(29)21(18)28)14-10-12(23)5-7-15(14)26/h2-10,19,26-27H,1H3/b20-18-. The van der Waals surface area contributed by atoms with E-state index in [-0.39, 0.29) is 33.4 Å². The van der Waals surface area contributed by atoms with Crippen LogP contribution in [-0.2, 0) is 9.59 Å². The van der Waals surface area contributed by atoms with E-state index >= 15 is 0 Å². The van der Waals surface area contributed by atoms with Crippen LogP contribution in [0.5, 0.6) is 11.5 Å². The number of amides is 1. The summed E-state index contributed by atoms with van der Waals surface area (Å²) in [5, 5.41) is 23.9. The molecule has 31 heavy (non-hydrogen) atoms. The zero-order valence-corrected chi connectivity index (χ0v) is 18.3. The first-order valence-corrected chi connectivity index (χ1v) is 10.6. The number of Topliss-reactive ketones (excluding diaryl/α,β-unsaturated/α-hetero) is 1. The van der Waals surface area contributed by atoms with Gasteiger partial charge in [0.2, 0.25) is 0 Å². The molecule has 1 atom stereocenters. The molecule has 0 saturated carbocycles. The zero-order chi connectivity index (χ0) is 22.3. The van der Waals surface area contributed by atoms with Gasteiger partial charge in [0.05, 0.1) is 23.4 Å². The average Bonchev–Trinajstić information content (AvgIpc) is 3.37. The molecule has 1 aliphatic heterocycles. The summed E-state index contributed by atoms with van der Waals surface area (Å²) in [6, 6.07) is 11.3. The number of aliphatic hydroxyl groups excluding tert-OH is 1. The Hall–Kier alpha value is -3.00. The van der Waals surface area contributed by atoms with Gasteiger partial charge in [0.25, 0.3) is 11.7 Å². The first-order valence-electron chi connectivity index (χ1n) is 9.00. The van der Waals surface area contributed by atoms with E-state index in [4.69, 9.17) is 27.9 Å². The van der Waals surface area contributed by atoms with E-state index in [1.807, 2.05) is 0 Å². The Kier molecular flexibility index (Phi) is 5.66. The Labute approximate surface area is 191 Å². The molecule has 0 radical (unpaired) electrons. The fourth-order valence-corrected chi connectivity index (χ4v) is 4.63. The van der Waals surface area contributed by atoms with Gasteiger partial charge in [0.15, 0.2) is 0 Å². The van der Waals surface area contributed by atoms with Crippen LogP contribution in [0, 0.1) is 0 Å². The maximum atomic E-state index is 13.1. The fourth-order valence-electron chi connectivity index (χ4n) is 3.45. The van der Waals surface area contributed by atoms with Crippen molar-refractivity contribution in [3.63, 3.8) is 0 Å². The van der Waals surface area contributed by atoms with E-state index in [1.165, 1.54) is 54.8 Å². The van der Waals surface area contributed by atoms with E-state index in [2.05, 4.69) is 0 Å². The minimum absolute atomic E-state index is 0.0701. The van der Waals surface area contributed by atoms with Crippen molar-refractivity contribution in [1.82, 2.24) is 0 Å². The Morgan fingerprint density at radius 2 is 1.90 bits per heavy atom. The molecule has 1 unspecified atom stereocenters. The Balaban J connectivity index is 1.95. The number of aromatic hydroxyl groups is 1. The van der Waals surface area contributed by atoms with Crippen LogP contribution in [-0.4, -0.2) is 29.0 Å². The molecular formula is C22H15Cl2NO5S. The first-order chi connectivity index (χ1) is 14.8. The highest BCUT2D eigenvalue weighted by molar-refractivity contribution is 7.10. The van der Waals surface area contributed by atoms with E-state index in [0.717, 1.165) is 4.90 Å². The molecule has 1 fully saturated rings. The molecule has 9 heteroatoms. The number of halogens is 2. The molecule has 2 N–H and O–H groups in total. The maximum Gasteiger partial charge on any atom is 0.300 e. The van der Waals surface area contributed by atoms with Gasteiger partial charge < -0.3 is 14.9 Å². The Morgan fingerprint density at radius 3 is 2.58 bits per heavy atom. The number of rotatable bonds is 4. The van der Waals surface area contributed by atoms with Gasteiger partial charge in [-0.3, -0.25) is 14.5 Å². The normalized spacial score (nSPS) is 17.9. The smallest absolute Gasteiger partial charge is 0.300 e. The molecular weight excluding hydrogens is 461 g/mol.